The third-order valence-corrected chi connectivity index (χ3v) is 4.68. The molecule has 0 spiro atoms. The van der Waals surface area contributed by atoms with Gasteiger partial charge in [-0.15, -0.1) is 0 Å². The highest BCUT2D eigenvalue weighted by molar-refractivity contribution is 7.99. The van der Waals surface area contributed by atoms with Crippen LogP contribution in [0.4, 0.5) is 0 Å². The van der Waals surface area contributed by atoms with Gasteiger partial charge in [-0.05, 0) is 18.6 Å². The number of benzene rings is 1. The van der Waals surface area contributed by atoms with Gasteiger partial charge >= 0.3 is 0 Å². The van der Waals surface area contributed by atoms with Crippen molar-refractivity contribution in [3.8, 4) is 0 Å². The first-order valence-electron chi connectivity index (χ1n) is 7.45. The second-order valence-corrected chi connectivity index (χ2v) is 6.40. The Bertz CT molecular complexity index is 632. The van der Waals surface area contributed by atoms with Gasteiger partial charge in [0, 0.05) is 18.1 Å². The van der Waals surface area contributed by atoms with E-state index < -0.39 is 0 Å². The zero-order chi connectivity index (χ0) is 14.7. The van der Waals surface area contributed by atoms with E-state index in [1.54, 1.807) is 11.8 Å². The number of carbonyl (C=O) groups is 1. The van der Waals surface area contributed by atoms with E-state index in [-0.39, 0.29) is 11.9 Å². The SMILES string of the molecule is CCCn1c(CC(=O)C2CSCCO2)nc2ccccc21. The minimum atomic E-state index is -0.265. The summed E-state index contributed by atoms with van der Waals surface area (Å²) in [6.07, 6.45) is 1.12. The molecule has 1 saturated heterocycles. The fourth-order valence-electron chi connectivity index (χ4n) is 2.68. The molecule has 2 aromatic rings. The molecule has 1 aliphatic rings. The van der Waals surface area contributed by atoms with Crippen molar-refractivity contribution >= 4 is 28.6 Å². The van der Waals surface area contributed by atoms with E-state index >= 15 is 0 Å². The molecular weight excluding hydrogens is 284 g/mol. The van der Waals surface area contributed by atoms with E-state index in [1.807, 2.05) is 18.2 Å². The van der Waals surface area contributed by atoms with Crippen LogP contribution in [0.15, 0.2) is 24.3 Å². The molecule has 5 heteroatoms. The van der Waals surface area contributed by atoms with Crippen LogP contribution in [0.3, 0.4) is 0 Å². The van der Waals surface area contributed by atoms with Crippen molar-refractivity contribution in [2.45, 2.75) is 32.4 Å². The summed E-state index contributed by atoms with van der Waals surface area (Å²) >= 11 is 1.79. The first-order chi connectivity index (χ1) is 10.3. The van der Waals surface area contributed by atoms with Crippen molar-refractivity contribution in [2.75, 3.05) is 18.1 Å². The number of para-hydroxylation sites is 2. The number of imidazole rings is 1. The number of fused-ring (bicyclic) bond motifs is 1. The Morgan fingerprint density at radius 3 is 3.10 bits per heavy atom. The molecule has 112 valence electrons. The first-order valence-corrected chi connectivity index (χ1v) is 8.61. The summed E-state index contributed by atoms with van der Waals surface area (Å²) in [5, 5.41) is 0. The summed E-state index contributed by atoms with van der Waals surface area (Å²) in [5.74, 6) is 2.77. The smallest absolute Gasteiger partial charge is 0.169 e. The van der Waals surface area contributed by atoms with Crippen molar-refractivity contribution in [3.05, 3.63) is 30.1 Å². The van der Waals surface area contributed by atoms with Crippen molar-refractivity contribution in [1.82, 2.24) is 9.55 Å². The van der Waals surface area contributed by atoms with Crippen molar-refractivity contribution in [2.24, 2.45) is 0 Å². The maximum absolute atomic E-state index is 12.4. The molecule has 1 aliphatic heterocycles. The average Bonchev–Trinajstić information content (AvgIpc) is 2.86. The molecule has 0 bridgehead atoms. The zero-order valence-electron chi connectivity index (χ0n) is 12.2. The van der Waals surface area contributed by atoms with Crippen LogP contribution in [0.2, 0.25) is 0 Å². The van der Waals surface area contributed by atoms with E-state index in [0.29, 0.717) is 13.0 Å². The molecule has 1 atom stereocenters. The highest BCUT2D eigenvalue weighted by Crippen LogP contribution is 2.19. The maximum atomic E-state index is 12.4. The Hall–Kier alpha value is -1.33. The van der Waals surface area contributed by atoms with E-state index in [4.69, 9.17) is 4.74 Å². The Morgan fingerprint density at radius 1 is 1.48 bits per heavy atom. The Labute approximate surface area is 128 Å². The minimum Gasteiger partial charge on any atom is -0.369 e. The predicted octanol–water partition coefficient (Wildman–Crippen LogP) is 2.69. The zero-order valence-corrected chi connectivity index (χ0v) is 13.1. The number of thioether (sulfide) groups is 1. The molecule has 0 amide bonds. The number of hydrogen-bond donors (Lipinski definition) is 0. The summed E-state index contributed by atoms with van der Waals surface area (Å²) in [4.78, 5) is 17.1. The van der Waals surface area contributed by atoms with Gasteiger partial charge in [0.25, 0.3) is 0 Å². The summed E-state index contributed by atoms with van der Waals surface area (Å²) in [7, 11) is 0. The third kappa shape index (κ3) is 3.14. The number of ketones is 1. The van der Waals surface area contributed by atoms with Crippen LogP contribution in [0.5, 0.6) is 0 Å². The molecular formula is C16H20N2O2S. The summed E-state index contributed by atoms with van der Waals surface area (Å²) in [6.45, 7) is 3.71. The second kappa shape index (κ2) is 6.62. The van der Waals surface area contributed by atoms with Crippen molar-refractivity contribution in [3.63, 3.8) is 0 Å². The van der Waals surface area contributed by atoms with E-state index in [1.165, 1.54) is 0 Å². The highest BCUT2D eigenvalue weighted by Gasteiger charge is 2.24. The van der Waals surface area contributed by atoms with Gasteiger partial charge in [0.2, 0.25) is 0 Å². The number of rotatable bonds is 5. The summed E-state index contributed by atoms with van der Waals surface area (Å²) in [6, 6.07) is 8.07. The quantitative estimate of drug-likeness (QED) is 0.852. The second-order valence-electron chi connectivity index (χ2n) is 5.25. The highest BCUT2D eigenvalue weighted by atomic mass is 32.2. The summed E-state index contributed by atoms with van der Waals surface area (Å²) < 4.78 is 7.75. The largest absolute Gasteiger partial charge is 0.369 e. The van der Waals surface area contributed by atoms with Crippen LogP contribution >= 0.6 is 11.8 Å². The number of ether oxygens (including phenoxy) is 1. The molecule has 0 radical (unpaired) electrons. The molecule has 4 nitrogen and oxygen atoms in total. The number of nitrogens with zero attached hydrogens (tertiary/aromatic N) is 2. The molecule has 21 heavy (non-hydrogen) atoms. The minimum absolute atomic E-state index is 0.148. The molecule has 0 aliphatic carbocycles. The van der Waals surface area contributed by atoms with E-state index in [9.17, 15) is 4.79 Å². The van der Waals surface area contributed by atoms with Gasteiger partial charge in [0.1, 0.15) is 11.9 Å². The van der Waals surface area contributed by atoms with Crippen LogP contribution in [0.1, 0.15) is 19.2 Å². The molecule has 1 unspecified atom stereocenters. The maximum Gasteiger partial charge on any atom is 0.169 e. The molecule has 0 saturated carbocycles. The van der Waals surface area contributed by atoms with Gasteiger partial charge in [-0.1, -0.05) is 19.1 Å². The molecule has 3 rings (SSSR count). The normalized spacial score (nSPS) is 19.0. The fourth-order valence-corrected chi connectivity index (χ4v) is 3.55. The number of hydrogen-bond acceptors (Lipinski definition) is 4. The lowest BCUT2D eigenvalue weighted by Crippen LogP contribution is -2.33. The lowest BCUT2D eigenvalue weighted by molar-refractivity contribution is -0.128. The van der Waals surface area contributed by atoms with E-state index in [0.717, 1.165) is 41.3 Å². The first kappa shape index (κ1) is 14.6. The van der Waals surface area contributed by atoms with Crippen LogP contribution in [0, 0.1) is 0 Å². The van der Waals surface area contributed by atoms with Crippen LogP contribution in [-0.2, 0) is 22.5 Å². The molecule has 2 heterocycles. The standard InChI is InChI=1S/C16H20N2O2S/c1-2-7-18-13-6-4-3-5-12(13)17-16(18)10-14(19)15-11-21-9-8-20-15/h3-6,15H,2,7-11H2,1H3. The van der Waals surface area contributed by atoms with Gasteiger partial charge in [-0.2, -0.15) is 11.8 Å². The molecule has 1 aromatic carbocycles. The number of Topliss-reactive ketones (excluding diaryl/α,β-unsaturated/α-hetero) is 1. The predicted molar refractivity (Wildman–Crippen MR) is 85.8 cm³/mol. The lowest BCUT2D eigenvalue weighted by atomic mass is 10.2. The summed E-state index contributed by atoms with van der Waals surface area (Å²) in [5.41, 5.74) is 2.08. The Balaban J connectivity index is 1.85. The number of aromatic nitrogens is 2. The molecule has 1 fully saturated rings. The van der Waals surface area contributed by atoms with Gasteiger partial charge in [-0.3, -0.25) is 4.79 Å². The number of carbonyl (C=O) groups excluding carboxylic acids is 1. The Kier molecular flexibility index (Phi) is 4.60. The van der Waals surface area contributed by atoms with Gasteiger partial charge in [0.15, 0.2) is 5.78 Å². The van der Waals surface area contributed by atoms with Gasteiger partial charge in [-0.25, -0.2) is 4.98 Å². The third-order valence-electron chi connectivity index (χ3n) is 3.69. The van der Waals surface area contributed by atoms with Crippen LogP contribution < -0.4 is 0 Å². The monoisotopic (exact) mass is 304 g/mol. The van der Waals surface area contributed by atoms with Gasteiger partial charge in [0.05, 0.1) is 24.1 Å². The molecule has 0 N–H and O–H groups in total. The van der Waals surface area contributed by atoms with Crippen molar-refractivity contribution in [1.29, 1.82) is 0 Å². The fraction of sp³-hybridized carbons (Fsp3) is 0.500. The lowest BCUT2D eigenvalue weighted by Gasteiger charge is -2.21. The van der Waals surface area contributed by atoms with Crippen molar-refractivity contribution < 1.29 is 9.53 Å². The van der Waals surface area contributed by atoms with E-state index in [2.05, 4.69) is 22.5 Å². The van der Waals surface area contributed by atoms with Gasteiger partial charge < -0.3 is 9.30 Å². The average molecular weight is 304 g/mol. The number of aryl methyl sites for hydroxylation is 1. The Morgan fingerprint density at radius 2 is 2.33 bits per heavy atom. The topological polar surface area (TPSA) is 44.1 Å². The van der Waals surface area contributed by atoms with Crippen LogP contribution in [0.25, 0.3) is 11.0 Å². The van der Waals surface area contributed by atoms with Crippen LogP contribution in [-0.4, -0.2) is 39.6 Å². The molecule has 1 aromatic heterocycles.